The van der Waals surface area contributed by atoms with Gasteiger partial charge >= 0.3 is 0 Å². The number of benzene rings is 1. The predicted octanol–water partition coefficient (Wildman–Crippen LogP) is 2.02. The second-order valence-corrected chi connectivity index (χ2v) is 10.3. The number of nitrogens with zero attached hydrogens (tertiary/aromatic N) is 5. The molecule has 0 spiro atoms. The van der Waals surface area contributed by atoms with Crippen molar-refractivity contribution in [2.75, 3.05) is 44.2 Å². The predicted molar refractivity (Wildman–Crippen MR) is 120 cm³/mol. The van der Waals surface area contributed by atoms with Crippen LogP contribution in [0, 0.1) is 13.8 Å². The minimum absolute atomic E-state index is 0.0139. The molecule has 0 aliphatic carbocycles. The van der Waals surface area contributed by atoms with E-state index in [0.717, 1.165) is 32.4 Å². The van der Waals surface area contributed by atoms with Gasteiger partial charge in [0.15, 0.2) is 5.03 Å². The SMILES string of the molecule is Cc1cccc(N2CCN(C(=O)Cn3cnc(S(=O)(=O)N4CCCCC4)c3)CC2)c1C. The zero-order valence-corrected chi connectivity index (χ0v) is 19.1. The van der Waals surface area contributed by atoms with Gasteiger partial charge in [0.2, 0.25) is 5.91 Å². The van der Waals surface area contributed by atoms with Crippen LogP contribution in [0.5, 0.6) is 0 Å². The number of piperazine rings is 1. The molecule has 1 amide bonds. The largest absolute Gasteiger partial charge is 0.368 e. The van der Waals surface area contributed by atoms with Gasteiger partial charge in [0.05, 0.1) is 6.33 Å². The Bertz CT molecular complexity index is 1040. The number of piperidine rings is 1. The van der Waals surface area contributed by atoms with Crippen LogP contribution in [0.1, 0.15) is 30.4 Å². The van der Waals surface area contributed by atoms with E-state index in [1.165, 1.54) is 33.6 Å². The Hall–Kier alpha value is -2.39. The standard InChI is InChI=1S/C22H31N5O3S/c1-18-7-6-8-20(19(18)2)25-11-13-26(14-12-25)22(28)16-24-15-21(23-17-24)31(29,30)27-9-4-3-5-10-27/h6-8,15,17H,3-5,9-14,16H2,1-2H3. The molecule has 0 saturated carbocycles. The van der Waals surface area contributed by atoms with E-state index in [1.54, 1.807) is 4.57 Å². The summed E-state index contributed by atoms with van der Waals surface area (Å²) < 4.78 is 28.6. The zero-order valence-electron chi connectivity index (χ0n) is 18.3. The molecule has 8 nitrogen and oxygen atoms in total. The van der Waals surface area contributed by atoms with Crippen LogP contribution in [0.4, 0.5) is 5.69 Å². The zero-order chi connectivity index (χ0) is 22.0. The molecule has 0 atom stereocenters. The molecule has 2 saturated heterocycles. The molecular weight excluding hydrogens is 414 g/mol. The van der Waals surface area contributed by atoms with Crippen LogP contribution in [-0.2, 0) is 21.4 Å². The van der Waals surface area contributed by atoms with Gasteiger partial charge in [-0.2, -0.15) is 4.31 Å². The van der Waals surface area contributed by atoms with E-state index >= 15 is 0 Å². The summed E-state index contributed by atoms with van der Waals surface area (Å²) in [7, 11) is -3.58. The topological polar surface area (TPSA) is 78.8 Å². The minimum atomic E-state index is -3.58. The number of carbonyl (C=O) groups excluding carboxylic acids is 1. The Morgan fingerprint density at radius 1 is 1.00 bits per heavy atom. The molecule has 0 N–H and O–H groups in total. The third kappa shape index (κ3) is 4.62. The Morgan fingerprint density at radius 2 is 1.71 bits per heavy atom. The molecule has 2 aromatic rings. The van der Waals surface area contributed by atoms with Gasteiger partial charge in [0.1, 0.15) is 6.54 Å². The van der Waals surface area contributed by atoms with E-state index in [-0.39, 0.29) is 17.5 Å². The lowest BCUT2D eigenvalue weighted by atomic mass is 10.1. The first-order chi connectivity index (χ1) is 14.9. The van der Waals surface area contributed by atoms with Crippen LogP contribution < -0.4 is 4.90 Å². The van der Waals surface area contributed by atoms with Crippen LogP contribution >= 0.6 is 0 Å². The molecule has 0 radical (unpaired) electrons. The van der Waals surface area contributed by atoms with Crippen LogP contribution in [0.2, 0.25) is 0 Å². The van der Waals surface area contributed by atoms with Gasteiger partial charge in [0.25, 0.3) is 10.0 Å². The van der Waals surface area contributed by atoms with E-state index in [4.69, 9.17) is 0 Å². The number of rotatable bonds is 5. The lowest BCUT2D eigenvalue weighted by Gasteiger charge is -2.37. The summed E-state index contributed by atoms with van der Waals surface area (Å²) in [5.74, 6) is -0.0139. The van der Waals surface area contributed by atoms with E-state index in [2.05, 4.69) is 41.9 Å². The average molecular weight is 446 g/mol. The summed E-state index contributed by atoms with van der Waals surface area (Å²) in [5, 5.41) is 0.0296. The smallest absolute Gasteiger partial charge is 0.262 e. The number of amides is 1. The third-order valence-corrected chi connectivity index (χ3v) is 8.18. The van der Waals surface area contributed by atoms with Crippen LogP contribution in [0.25, 0.3) is 0 Å². The lowest BCUT2D eigenvalue weighted by molar-refractivity contribution is -0.132. The van der Waals surface area contributed by atoms with E-state index < -0.39 is 10.0 Å². The number of aryl methyl sites for hydroxylation is 1. The fraction of sp³-hybridized carbons (Fsp3) is 0.545. The molecule has 31 heavy (non-hydrogen) atoms. The molecular formula is C22H31N5O3S. The average Bonchev–Trinajstić information content (AvgIpc) is 3.26. The molecule has 0 bridgehead atoms. The van der Waals surface area contributed by atoms with Crippen molar-refractivity contribution in [2.24, 2.45) is 0 Å². The molecule has 0 unspecified atom stereocenters. The fourth-order valence-electron chi connectivity index (χ4n) is 4.33. The van der Waals surface area contributed by atoms with Gasteiger partial charge in [0, 0.05) is 51.2 Å². The molecule has 9 heteroatoms. The number of imidazole rings is 1. The summed E-state index contributed by atoms with van der Waals surface area (Å²) >= 11 is 0. The summed E-state index contributed by atoms with van der Waals surface area (Å²) in [6.45, 7) is 8.31. The van der Waals surface area contributed by atoms with Gasteiger partial charge in [-0.05, 0) is 43.9 Å². The highest BCUT2D eigenvalue weighted by Gasteiger charge is 2.28. The Balaban J connectivity index is 1.35. The molecule has 2 aliphatic heterocycles. The first kappa shape index (κ1) is 21.8. The number of anilines is 1. The molecule has 3 heterocycles. The highest BCUT2D eigenvalue weighted by atomic mass is 32.2. The number of sulfonamides is 1. The van der Waals surface area contributed by atoms with Crippen LogP contribution in [0.15, 0.2) is 35.7 Å². The van der Waals surface area contributed by atoms with Crippen molar-refractivity contribution in [1.82, 2.24) is 18.8 Å². The molecule has 1 aromatic heterocycles. The number of carbonyl (C=O) groups is 1. The number of aromatic nitrogens is 2. The monoisotopic (exact) mass is 445 g/mol. The van der Waals surface area contributed by atoms with Gasteiger partial charge < -0.3 is 14.4 Å². The van der Waals surface area contributed by atoms with Gasteiger partial charge in [-0.1, -0.05) is 18.6 Å². The summed E-state index contributed by atoms with van der Waals surface area (Å²) in [4.78, 5) is 21.1. The quantitative estimate of drug-likeness (QED) is 0.704. The van der Waals surface area contributed by atoms with Crippen molar-refractivity contribution >= 4 is 21.6 Å². The number of hydrogen-bond acceptors (Lipinski definition) is 5. The maximum atomic E-state index is 12.8. The van der Waals surface area contributed by atoms with E-state index in [1.807, 2.05) is 4.90 Å². The van der Waals surface area contributed by atoms with E-state index in [0.29, 0.717) is 26.2 Å². The highest BCUT2D eigenvalue weighted by Crippen LogP contribution is 2.24. The van der Waals surface area contributed by atoms with Crippen molar-refractivity contribution in [3.63, 3.8) is 0 Å². The second kappa shape index (κ2) is 9.00. The Kier molecular flexibility index (Phi) is 6.34. The first-order valence-corrected chi connectivity index (χ1v) is 12.4. The lowest BCUT2D eigenvalue weighted by Crippen LogP contribution is -2.49. The van der Waals surface area contributed by atoms with Crippen molar-refractivity contribution in [3.05, 3.63) is 41.9 Å². The molecule has 2 aliphatic rings. The molecule has 1 aromatic carbocycles. The second-order valence-electron chi connectivity index (χ2n) is 8.44. The summed E-state index contributed by atoms with van der Waals surface area (Å²) in [6, 6.07) is 6.32. The maximum Gasteiger partial charge on any atom is 0.262 e. The third-order valence-electron chi connectivity index (χ3n) is 6.40. The summed E-state index contributed by atoms with van der Waals surface area (Å²) in [5.41, 5.74) is 3.78. The van der Waals surface area contributed by atoms with Gasteiger partial charge in [-0.3, -0.25) is 4.79 Å². The highest BCUT2D eigenvalue weighted by molar-refractivity contribution is 7.89. The Morgan fingerprint density at radius 3 is 2.42 bits per heavy atom. The maximum absolute atomic E-state index is 12.8. The van der Waals surface area contributed by atoms with Crippen molar-refractivity contribution in [3.8, 4) is 0 Å². The first-order valence-electron chi connectivity index (χ1n) is 11.0. The number of hydrogen-bond donors (Lipinski definition) is 0. The van der Waals surface area contributed by atoms with Crippen LogP contribution in [0.3, 0.4) is 0 Å². The van der Waals surface area contributed by atoms with Crippen molar-refractivity contribution in [2.45, 2.75) is 44.7 Å². The van der Waals surface area contributed by atoms with Crippen molar-refractivity contribution in [1.29, 1.82) is 0 Å². The van der Waals surface area contributed by atoms with Crippen molar-refractivity contribution < 1.29 is 13.2 Å². The van der Waals surface area contributed by atoms with E-state index in [9.17, 15) is 13.2 Å². The normalized spacial score (nSPS) is 18.4. The summed E-state index contributed by atoms with van der Waals surface area (Å²) in [6.07, 6.45) is 5.75. The molecule has 2 fully saturated rings. The van der Waals surface area contributed by atoms with Gasteiger partial charge in [-0.25, -0.2) is 13.4 Å². The van der Waals surface area contributed by atoms with Crippen LogP contribution in [-0.4, -0.2) is 72.3 Å². The molecule has 4 rings (SSSR count). The fourth-order valence-corrected chi connectivity index (χ4v) is 5.78. The minimum Gasteiger partial charge on any atom is -0.368 e. The Labute approximate surface area is 184 Å². The van der Waals surface area contributed by atoms with Gasteiger partial charge in [-0.15, -0.1) is 0 Å². The molecule has 168 valence electrons.